The van der Waals surface area contributed by atoms with Crippen molar-refractivity contribution in [1.29, 1.82) is 0 Å². The van der Waals surface area contributed by atoms with Crippen LogP contribution >= 0.6 is 0 Å². The minimum atomic E-state index is -1.44. The van der Waals surface area contributed by atoms with Gasteiger partial charge in [-0.3, -0.25) is 4.79 Å². The number of rotatable bonds is 10. The van der Waals surface area contributed by atoms with Gasteiger partial charge >= 0.3 is 17.9 Å². The molecule has 190 valence electrons. The van der Waals surface area contributed by atoms with Crippen LogP contribution in [-0.2, 0) is 28.6 Å². The topological polar surface area (TPSA) is 119 Å². The Kier molecular flexibility index (Phi) is 8.88. The molecular weight excluding hydrogens is 440 g/mol. The van der Waals surface area contributed by atoms with Crippen molar-refractivity contribution < 1.29 is 38.8 Å². The molecule has 0 spiro atoms. The van der Waals surface area contributed by atoms with Gasteiger partial charge in [0.2, 0.25) is 0 Å². The van der Waals surface area contributed by atoms with E-state index in [0.29, 0.717) is 12.0 Å². The van der Waals surface area contributed by atoms with E-state index in [1.807, 2.05) is 6.92 Å². The number of aliphatic hydroxyl groups is 2. The first-order valence-electron chi connectivity index (χ1n) is 11.7. The lowest BCUT2D eigenvalue weighted by Gasteiger charge is -2.42. The summed E-state index contributed by atoms with van der Waals surface area (Å²) in [6, 6.07) is 0. The molecule has 2 saturated carbocycles. The van der Waals surface area contributed by atoms with Gasteiger partial charge in [-0.15, -0.1) is 0 Å². The largest absolute Gasteiger partial charge is 0.458 e. The van der Waals surface area contributed by atoms with Crippen LogP contribution in [-0.4, -0.2) is 58.1 Å². The summed E-state index contributed by atoms with van der Waals surface area (Å²) in [5.41, 5.74) is -1.33. The molecule has 0 aromatic heterocycles. The van der Waals surface area contributed by atoms with Gasteiger partial charge in [0.1, 0.15) is 18.3 Å². The van der Waals surface area contributed by atoms with Crippen LogP contribution < -0.4 is 0 Å². The summed E-state index contributed by atoms with van der Waals surface area (Å²) in [7, 11) is 0. The lowest BCUT2D eigenvalue weighted by atomic mass is 9.73. The fourth-order valence-corrected chi connectivity index (χ4v) is 4.72. The normalized spacial score (nSPS) is 30.4. The zero-order chi connectivity index (χ0) is 25.8. The quantitative estimate of drug-likeness (QED) is 0.213. The Morgan fingerprint density at radius 3 is 2.26 bits per heavy atom. The van der Waals surface area contributed by atoms with Crippen LogP contribution in [0.25, 0.3) is 0 Å². The molecule has 8 heteroatoms. The number of ether oxygens (including phenoxy) is 3. The minimum Gasteiger partial charge on any atom is -0.458 e. The van der Waals surface area contributed by atoms with Gasteiger partial charge in [-0.1, -0.05) is 25.7 Å². The molecule has 0 aromatic carbocycles. The monoisotopic (exact) mass is 478 g/mol. The molecule has 8 nitrogen and oxygen atoms in total. The highest BCUT2D eigenvalue weighted by Crippen LogP contribution is 2.64. The second kappa shape index (κ2) is 10.9. The van der Waals surface area contributed by atoms with Crippen LogP contribution in [0, 0.1) is 17.3 Å². The number of hydrogen-bond acceptors (Lipinski definition) is 8. The molecule has 2 aliphatic rings. The lowest BCUT2D eigenvalue weighted by molar-refractivity contribution is -0.179. The zero-order valence-electron chi connectivity index (χ0n) is 20.9. The second-order valence-corrected chi connectivity index (χ2v) is 10.1. The van der Waals surface area contributed by atoms with Crippen LogP contribution in [0.1, 0.15) is 60.8 Å². The van der Waals surface area contributed by atoms with Crippen molar-refractivity contribution in [1.82, 2.24) is 0 Å². The Morgan fingerprint density at radius 1 is 1.15 bits per heavy atom. The highest BCUT2D eigenvalue weighted by molar-refractivity contribution is 5.82. The molecule has 2 fully saturated rings. The number of fused-ring (bicyclic) bond motifs is 1. The van der Waals surface area contributed by atoms with E-state index in [1.165, 1.54) is 39.0 Å². The predicted molar refractivity (Wildman–Crippen MR) is 125 cm³/mol. The smallest absolute Gasteiger partial charge is 0.331 e. The zero-order valence-corrected chi connectivity index (χ0v) is 20.9. The van der Waals surface area contributed by atoms with Crippen molar-refractivity contribution in [3.63, 3.8) is 0 Å². The van der Waals surface area contributed by atoms with E-state index >= 15 is 0 Å². The van der Waals surface area contributed by atoms with Gasteiger partial charge in [0.05, 0.1) is 11.7 Å². The molecule has 0 aliphatic heterocycles. The maximum atomic E-state index is 12.4. The maximum absolute atomic E-state index is 12.4. The van der Waals surface area contributed by atoms with Crippen molar-refractivity contribution in [2.75, 3.05) is 0 Å². The van der Waals surface area contributed by atoms with Crippen molar-refractivity contribution in [2.45, 2.75) is 90.8 Å². The number of hydrogen-bond donors (Lipinski definition) is 2. The summed E-state index contributed by atoms with van der Waals surface area (Å²) in [5, 5.41) is 20.8. The molecular formula is C26H38O8. The van der Waals surface area contributed by atoms with Gasteiger partial charge in [-0.05, 0) is 52.0 Å². The molecule has 7 atom stereocenters. The number of allylic oxidation sites excluding steroid dienone is 2. The van der Waals surface area contributed by atoms with Gasteiger partial charge in [-0.2, -0.15) is 0 Å². The Bertz CT molecular complexity index is 851. The fraction of sp³-hybridized carbons (Fsp3) is 0.654. The van der Waals surface area contributed by atoms with Crippen LogP contribution in [0.3, 0.4) is 0 Å². The molecule has 0 bridgehead atoms. The Labute approximate surface area is 201 Å². The summed E-state index contributed by atoms with van der Waals surface area (Å²) >= 11 is 0. The molecule has 2 rings (SSSR count). The minimum absolute atomic E-state index is 0.0994. The first-order chi connectivity index (χ1) is 15.7. The van der Waals surface area contributed by atoms with E-state index in [0.717, 1.165) is 6.42 Å². The second-order valence-electron chi connectivity index (χ2n) is 10.1. The summed E-state index contributed by atoms with van der Waals surface area (Å²) < 4.78 is 17.1. The molecule has 2 N–H and O–H groups in total. The Hall–Kier alpha value is -2.45. The predicted octanol–water partition coefficient (Wildman–Crippen LogP) is 3.02. The van der Waals surface area contributed by atoms with E-state index in [-0.39, 0.29) is 17.8 Å². The first-order valence-corrected chi connectivity index (χ1v) is 11.7. The van der Waals surface area contributed by atoms with E-state index in [1.54, 1.807) is 19.9 Å². The van der Waals surface area contributed by atoms with Gasteiger partial charge in [0, 0.05) is 36.8 Å². The summed E-state index contributed by atoms with van der Waals surface area (Å²) in [6.45, 7) is 13.8. The summed E-state index contributed by atoms with van der Waals surface area (Å²) in [4.78, 5) is 36.6. The van der Waals surface area contributed by atoms with Crippen molar-refractivity contribution in [3.8, 4) is 0 Å². The fourth-order valence-electron chi connectivity index (χ4n) is 4.72. The molecule has 2 aliphatic carbocycles. The van der Waals surface area contributed by atoms with Gasteiger partial charge in [0.25, 0.3) is 0 Å². The van der Waals surface area contributed by atoms with Crippen molar-refractivity contribution in [3.05, 3.63) is 36.5 Å². The first kappa shape index (κ1) is 27.8. The molecule has 2 unspecified atom stereocenters. The maximum Gasteiger partial charge on any atom is 0.331 e. The lowest BCUT2D eigenvalue weighted by Crippen LogP contribution is -2.50. The van der Waals surface area contributed by atoms with Gasteiger partial charge in [-0.25, -0.2) is 9.59 Å². The number of carbonyl (C=O) groups excluding carboxylic acids is 3. The third-order valence-electron chi connectivity index (χ3n) is 6.89. The third kappa shape index (κ3) is 6.57. The van der Waals surface area contributed by atoms with E-state index in [2.05, 4.69) is 6.58 Å². The Morgan fingerprint density at radius 2 is 1.74 bits per heavy atom. The van der Waals surface area contributed by atoms with Gasteiger partial charge < -0.3 is 24.4 Å². The third-order valence-corrected chi connectivity index (χ3v) is 6.89. The highest BCUT2D eigenvalue weighted by Gasteiger charge is 2.65. The molecule has 0 aromatic rings. The summed E-state index contributed by atoms with van der Waals surface area (Å²) in [5.74, 6) is -1.96. The van der Waals surface area contributed by atoms with Crippen molar-refractivity contribution in [2.24, 2.45) is 17.3 Å². The number of esters is 3. The number of aliphatic hydroxyl groups excluding tert-OH is 1. The van der Waals surface area contributed by atoms with E-state index in [4.69, 9.17) is 14.2 Å². The molecule has 0 radical (unpaired) electrons. The van der Waals surface area contributed by atoms with Crippen LogP contribution in [0.5, 0.6) is 0 Å². The number of carbonyl (C=O) groups is 3. The van der Waals surface area contributed by atoms with Crippen molar-refractivity contribution >= 4 is 17.9 Å². The van der Waals surface area contributed by atoms with Crippen LogP contribution in [0.2, 0.25) is 0 Å². The highest BCUT2D eigenvalue weighted by atomic mass is 16.6. The summed E-state index contributed by atoms with van der Waals surface area (Å²) in [6.07, 6.45) is 3.21. The van der Waals surface area contributed by atoms with Crippen LogP contribution in [0.4, 0.5) is 0 Å². The Balaban J connectivity index is 2.42. The average molecular weight is 479 g/mol. The standard InChI is InChI=1S/C26H38O8/c1-8-10-21(29)33-19(13-20(28)25(5,6)31)15(3)18-12-17-14-26(17,7)24(32-16(4)27)23(18)34-22(30)11-9-2/h8-11,17-20,23-24,28,31H,3,12-14H2,1-2,4-7H3/b10-8-,11-9-/t17-,18+,19?,20?,23-,24-,26+/m1/s1. The molecule has 34 heavy (non-hydrogen) atoms. The SMILES string of the molecule is C=C(C(CC(O)C(C)(C)O)OC(=O)/C=C\C)[C@@H]1C[C@@H]2C[C@]2(C)[C@H](OC(C)=O)[C@@H]1OC(=O)/C=C\C. The molecule has 0 amide bonds. The average Bonchev–Trinajstić information content (AvgIpc) is 3.39. The van der Waals surface area contributed by atoms with Crippen LogP contribution in [0.15, 0.2) is 36.5 Å². The van der Waals surface area contributed by atoms with E-state index in [9.17, 15) is 24.6 Å². The van der Waals surface area contributed by atoms with E-state index < -0.39 is 53.8 Å². The van der Waals surface area contributed by atoms with Gasteiger partial charge in [0.15, 0.2) is 0 Å². The molecule has 0 saturated heterocycles. The molecule has 0 heterocycles.